The summed E-state index contributed by atoms with van der Waals surface area (Å²) in [5, 5.41) is 0. The lowest BCUT2D eigenvalue weighted by molar-refractivity contribution is 0.217. The topological polar surface area (TPSA) is 43.8 Å². The Kier molecular flexibility index (Phi) is 5.67. The van der Waals surface area contributed by atoms with Crippen LogP contribution in [0.3, 0.4) is 0 Å². The Balaban J connectivity index is 1.66. The van der Waals surface area contributed by atoms with E-state index in [2.05, 4.69) is 47.1 Å². The van der Waals surface area contributed by atoms with Crippen molar-refractivity contribution in [1.29, 1.82) is 0 Å². The molecule has 0 aliphatic carbocycles. The van der Waals surface area contributed by atoms with Crippen molar-refractivity contribution in [3.63, 3.8) is 0 Å². The van der Waals surface area contributed by atoms with Crippen molar-refractivity contribution in [3.8, 4) is 28.6 Å². The minimum absolute atomic E-state index is 0.591. The number of pyridine rings is 1. The van der Waals surface area contributed by atoms with Crippen molar-refractivity contribution in [2.45, 2.75) is 20.0 Å². The van der Waals surface area contributed by atoms with Gasteiger partial charge in [0.1, 0.15) is 6.61 Å². The SMILES string of the molecule is COc1cccc(-c2cc3c(c(OC)c2)OCCN(Cc2ccc(C)cc2)C3)n1. The Labute approximate surface area is 171 Å². The summed E-state index contributed by atoms with van der Waals surface area (Å²) in [5.41, 5.74) is 5.52. The van der Waals surface area contributed by atoms with Gasteiger partial charge in [0.15, 0.2) is 11.5 Å². The maximum Gasteiger partial charge on any atom is 0.213 e. The van der Waals surface area contributed by atoms with Crippen molar-refractivity contribution in [2.24, 2.45) is 0 Å². The van der Waals surface area contributed by atoms with Gasteiger partial charge in [0.25, 0.3) is 0 Å². The normalized spacial score (nSPS) is 13.9. The zero-order chi connectivity index (χ0) is 20.2. The van der Waals surface area contributed by atoms with E-state index in [1.54, 1.807) is 14.2 Å². The Morgan fingerprint density at radius 3 is 2.62 bits per heavy atom. The summed E-state index contributed by atoms with van der Waals surface area (Å²) in [6.07, 6.45) is 0. The first-order valence-corrected chi connectivity index (χ1v) is 9.79. The van der Waals surface area contributed by atoms with Gasteiger partial charge < -0.3 is 14.2 Å². The van der Waals surface area contributed by atoms with Gasteiger partial charge in [-0.15, -0.1) is 0 Å². The highest BCUT2D eigenvalue weighted by Gasteiger charge is 2.21. The molecular formula is C24H26N2O3. The van der Waals surface area contributed by atoms with Gasteiger partial charge in [-0.05, 0) is 30.7 Å². The standard InChI is InChI=1S/C24H26N2O3/c1-17-7-9-18(10-8-17)15-26-11-12-29-24-20(16-26)13-19(14-22(24)27-2)21-5-4-6-23(25-21)28-3/h4-10,13-14H,11-12,15-16H2,1-3H3. The van der Waals surface area contributed by atoms with E-state index in [0.29, 0.717) is 12.5 Å². The van der Waals surface area contributed by atoms with E-state index in [4.69, 9.17) is 14.2 Å². The van der Waals surface area contributed by atoms with E-state index >= 15 is 0 Å². The fraction of sp³-hybridized carbons (Fsp3) is 0.292. The van der Waals surface area contributed by atoms with Crippen LogP contribution in [-0.4, -0.2) is 37.3 Å². The average Bonchev–Trinajstić information content (AvgIpc) is 2.96. The van der Waals surface area contributed by atoms with E-state index in [9.17, 15) is 0 Å². The summed E-state index contributed by atoms with van der Waals surface area (Å²) >= 11 is 0. The highest BCUT2D eigenvalue weighted by molar-refractivity contribution is 5.67. The largest absolute Gasteiger partial charge is 0.493 e. The average molecular weight is 390 g/mol. The number of hydrogen-bond donors (Lipinski definition) is 0. The Bertz CT molecular complexity index is 986. The first kappa shape index (κ1) is 19.3. The summed E-state index contributed by atoms with van der Waals surface area (Å²) in [4.78, 5) is 6.97. The third kappa shape index (κ3) is 4.35. The molecule has 3 aromatic rings. The summed E-state index contributed by atoms with van der Waals surface area (Å²) in [6.45, 7) is 5.27. The highest BCUT2D eigenvalue weighted by Crippen LogP contribution is 2.38. The molecule has 4 rings (SSSR count). The predicted octanol–water partition coefficient (Wildman–Crippen LogP) is 4.47. The van der Waals surface area contributed by atoms with Crippen LogP contribution in [0.2, 0.25) is 0 Å². The molecule has 0 saturated heterocycles. The van der Waals surface area contributed by atoms with Crippen molar-refractivity contribution >= 4 is 0 Å². The number of rotatable bonds is 5. The second-order valence-corrected chi connectivity index (χ2v) is 7.28. The smallest absolute Gasteiger partial charge is 0.213 e. The van der Waals surface area contributed by atoms with Gasteiger partial charge in [0.05, 0.1) is 19.9 Å². The van der Waals surface area contributed by atoms with E-state index in [-0.39, 0.29) is 0 Å². The molecule has 29 heavy (non-hydrogen) atoms. The number of benzene rings is 2. The van der Waals surface area contributed by atoms with Crippen LogP contribution in [-0.2, 0) is 13.1 Å². The molecule has 1 aliphatic rings. The Morgan fingerprint density at radius 1 is 1.03 bits per heavy atom. The molecule has 0 N–H and O–H groups in total. The van der Waals surface area contributed by atoms with Crippen LogP contribution in [0.15, 0.2) is 54.6 Å². The number of aromatic nitrogens is 1. The predicted molar refractivity (Wildman–Crippen MR) is 114 cm³/mol. The molecule has 0 saturated carbocycles. The van der Waals surface area contributed by atoms with Crippen LogP contribution in [0.4, 0.5) is 0 Å². The van der Waals surface area contributed by atoms with Crippen LogP contribution in [0.1, 0.15) is 16.7 Å². The Hall–Kier alpha value is -3.05. The van der Waals surface area contributed by atoms with Crippen molar-refractivity contribution < 1.29 is 14.2 Å². The van der Waals surface area contributed by atoms with Crippen molar-refractivity contribution in [3.05, 3.63) is 71.3 Å². The van der Waals surface area contributed by atoms with Gasteiger partial charge in [-0.3, -0.25) is 4.90 Å². The summed E-state index contributed by atoms with van der Waals surface area (Å²) in [5.74, 6) is 2.15. The third-order valence-electron chi connectivity index (χ3n) is 5.15. The number of hydrogen-bond acceptors (Lipinski definition) is 5. The lowest BCUT2D eigenvalue weighted by atomic mass is 10.0. The van der Waals surface area contributed by atoms with Gasteiger partial charge in [-0.25, -0.2) is 4.98 Å². The van der Waals surface area contributed by atoms with E-state index < -0.39 is 0 Å². The number of fused-ring (bicyclic) bond motifs is 1. The number of nitrogens with zero attached hydrogens (tertiary/aromatic N) is 2. The van der Waals surface area contributed by atoms with Gasteiger partial charge in [-0.1, -0.05) is 35.9 Å². The zero-order valence-electron chi connectivity index (χ0n) is 17.1. The number of aryl methyl sites for hydroxylation is 1. The van der Waals surface area contributed by atoms with E-state index in [0.717, 1.165) is 48.0 Å². The molecule has 0 bridgehead atoms. The van der Waals surface area contributed by atoms with E-state index in [1.807, 2.05) is 24.3 Å². The Morgan fingerprint density at radius 2 is 1.86 bits per heavy atom. The molecule has 1 aliphatic heterocycles. The summed E-state index contributed by atoms with van der Waals surface area (Å²) in [7, 11) is 3.30. The number of methoxy groups -OCH3 is 2. The van der Waals surface area contributed by atoms with Crippen LogP contribution < -0.4 is 14.2 Å². The van der Waals surface area contributed by atoms with Gasteiger partial charge in [-0.2, -0.15) is 0 Å². The van der Waals surface area contributed by atoms with Crippen LogP contribution in [0, 0.1) is 6.92 Å². The fourth-order valence-electron chi connectivity index (χ4n) is 3.61. The number of ether oxygens (including phenoxy) is 3. The molecule has 0 atom stereocenters. The maximum absolute atomic E-state index is 6.08. The molecule has 0 fully saturated rings. The molecule has 0 unspecified atom stereocenters. The van der Waals surface area contributed by atoms with E-state index in [1.165, 1.54) is 11.1 Å². The molecule has 0 radical (unpaired) electrons. The molecule has 0 spiro atoms. The monoisotopic (exact) mass is 390 g/mol. The molecular weight excluding hydrogens is 364 g/mol. The first-order valence-electron chi connectivity index (χ1n) is 9.79. The first-order chi connectivity index (χ1) is 14.2. The van der Waals surface area contributed by atoms with Crippen molar-refractivity contribution in [2.75, 3.05) is 27.4 Å². The van der Waals surface area contributed by atoms with Crippen LogP contribution in [0.5, 0.6) is 17.4 Å². The second-order valence-electron chi connectivity index (χ2n) is 7.28. The molecule has 150 valence electrons. The molecule has 1 aromatic heterocycles. The molecule has 2 heterocycles. The second kappa shape index (κ2) is 8.53. The van der Waals surface area contributed by atoms with Crippen molar-refractivity contribution in [1.82, 2.24) is 9.88 Å². The molecule has 5 heteroatoms. The minimum Gasteiger partial charge on any atom is -0.493 e. The van der Waals surface area contributed by atoms with Gasteiger partial charge in [0, 0.05) is 36.8 Å². The quantitative estimate of drug-likeness (QED) is 0.643. The lowest BCUT2D eigenvalue weighted by Crippen LogP contribution is -2.25. The van der Waals surface area contributed by atoms with Crippen LogP contribution in [0.25, 0.3) is 11.3 Å². The third-order valence-corrected chi connectivity index (χ3v) is 5.15. The molecule has 0 amide bonds. The highest BCUT2D eigenvalue weighted by atomic mass is 16.5. The maximum atomic E-state index is 6.08. The molecule has 2 aromatic carbocycles. The lowest BCUT2D eigenvalue weighted by Gasteiger charge is -2.20. The van der Waals surface area contributed by atoms with Gasteiger partial charge in [0.2, 0.25) is 5.88 Å². The van der Waals surface area contributed by atoms with Gasteiger partial charge >= 0.3 is 0 Å². The summed E-state index contributed by atoms with van der Waals surface area (Å²) < 4.78 is 17.0. The minimum atomic E-state index is 0.591. The van der Waals surface area contributed by atoms with Crippen LogP contribution >= 0.6 is 0 Å². The zero-order valence-corrected chi connectivity index (χ0v) is 17.1. The fourth-order valence-corrected chi connectivity index (χ4v) is 3.61. The molecule has 5 nitrogen and oxygen atoms in total. The summed E-state index contributed by atoms with van der Waals surface area (Å²) in [6, 6.07) is 18.6.